The minimum atomic E-state index is -1.12. The van der Waals surface area contributed by atoms with Gasteiger partial charge in [0.1, 0.15) is 5.60 Å². The first-order chi connectivity index (χ1) is 12.0. The van der Waals surface area contributed by atoms with Gasteiger partial charge in [0.15, 0.2) is 0 Å². The predicted molar refractivity (Wildman–Crippen MR) is 96.1 cm³/mol. The van der Waals surface area contributed by atoms with Crippen LogP contribution in [0.1, 0.15) is 30.0 Å². The summed E-state index contributed by atoms with van der Waals surface area (Å²) in [6.07, 6.45) is 2.21. The van der Waals surface area contributed by atoms with E-state index in [1.54, 1.807) is 12.1 Å². The number of amides is 2. The van der Waals surface area contributed by atoms with Crippen LogP contribution < -0.4 is 10.6 Å². The molecule has 2 aromatic carbocycles. The maximum atomic E-state index is 12.0. The van der Waals surface area contributed by atoms with Crippen molar-refractivity contribution >= 4 is 17.5 Å². The van der Waals surface area contributed by atoms with Gasteiger partial charge in [-0.3, -0.25) is 9.59 Å². The number of benzene rings is 2. The average molecular weight is 338 g/mol. The van der Waals surface area contributed by atoms with E-state index in [1.165, 1.54) is 0 Å². The second-order valence-corrected chi connectivity index (χ2v) is 6.38. The van der Waals surface area contributed by atoms with Crippen LogP contribution >= 0.6 is 0 Å². The number of carbonyl (C=O) groups excluding carboxylic acids is 2. The molecular weight excluding hydrogens is 316 g/mol. The molecule has 0 spiro atoms. The van der Waals surface area contributed by atoms with E-state index >= 15 is 0 Å². The van der Waals surface area contributed by atoms with E-state index < -0.39 is 17.4 Å². The molecule has 25 heavy (non-hydrogen) atoms. The van der Waals surface area contributed by atoms with Crippen LogP contribution in [-0.2, 0) is 28.0 Å². The number of aryl methyl sites for hydroxylation is 2. The fourth-order valence-corrected chi connectivity index (χ4v) is 3.17. The number of hydrogen-bond acceptors (Lipinski definition) is 3. The van der Waals surface area contributed by atoms with Crippen molar-refractivity contribution in [2.45, 2.75) is 31.8 Å². The number of rotatable bonds is 4. The molecule has 0 aromatic heterocycles. The molecular formula is C20H22N2O3. The van der Waals surface area contributed by atoms with Crippen molar-refractivity contribution < 1.29 is 14.7 Å². The zero-order valence-corrected chi connectivity index (χ0v) is 14.2. The molecule has 0 fully saturated rings. The van der Waals surface area contributed by atoms with Gasteiger partial charge < -0.3 is 15.7 Å². The van der Waals surface area contributed by atoms with Gasteiger partial charge in [0.25, 0.3) is 0 Å². The molecule has 1 aliphatic rings. The largest absolute Gasteiger partial charge is 0.383 e. The van der Waals surface area contributed by atoms with Crippen LogP contribution in [0.25, 0.3) is 0 Å². The van der Waals surface area contributed by atoms with Gasteiger partial charge in [-0.05, 0) is 48.1 Å². The number of anilines is 1. The molecule has 0 saturated heterocycles. The predicted octanol–water partition coefficient (Wildman–Crippen LogP) is 2.14. The zero-order valence-electron chi connectivity index (χ0n) is 14.2. The Bertz CT molecular complexity index is 786. The Labute approximate surface area is 147 Å². The van der Waals surface area contributed by atoms with Crippen molar-refractivity contribution in [2.24, 2.45) is 0 Å². The van der Waals surface area contributed by atoms with Crippen molar-refractivity contribution in [1.82, 2.24) is 5.32 Å². The highest BCUT2D eigenvalue weighted by Gasteiger charge is 2.37. The summed E-state index contributed by atoms with van der Waals surface area (Å²) in [5.74, 6) is -1.49. The molecule has 0 bridgehead atoms. The maximum absolute atomic E-state index is 12.0. The Kier molecular flexibility index (Phi) is 4.86. The van der Waals surface area contributed by atoms with Crippen LogP contribution in [0.3, 0.4) is 0 Å². The Hall–Kier alpha value is -2.66. The molecule has 5 heteroatoms. The molecule has 2 amide bonds. The van der Waals surface area contributed by atoms with Crippen molar-refractivity contribution in [2.75, 3.05) is 11.9 Å². The summed E-state index contributed by atoms with van der Waals surface area (Å²) >= 11 is 0. The van der Waals surface area contributed by atoms with Gasteiger partial charge in [-0.1, -0.05) is 43.3 Å². The van der Waals surface area contributed by atoms with Gasteiger partial charge in [0.05, 0.1) is 6.54 Å². The van der Waals surface area contributed by atoms with Gasteiger partial charge >= 0.3 is 11.8 Å². The number of carbonyl (C=O) groups is 2. The molecule has 0 aliphatic heterocycles. The lowest BCUT2D eigenvalue weighted by atomic mass is 9.96. The van der Waals surface area contributed by atoms with E-state index in [4.69, 9.17) is 0 Å². The summed E-state index contributed by atoms with van der Waals surface area (Å²) in [5, 5.41) is 15.9. The molecule has 5 nitrogen and oxygen atoms in total. The number of aliphatic hydroxyl groups is 1. The van der Waals surface area contributed by atoms with E-state index in [2.05, 4.69) is 10.6 Å². The molecule has 0 saturated carbocycles. The third kappa shape index (κ3) is 3.72. The van der Waals surface area contributed by atoms with Crippen LogP contribution in [0.15, 0.2) is 48.5 Å². The second kappa shape index (κ2) is 7.07. The van der Waals surface area contributed by atoms with E-state index in [9.17, 15) is 14.7 Å². The minimum Gasteiger partial charge on any atom is -0.383 e. The lowest BCUT2D eigenvalue weighted by Gasteiger charge is -2.24. The van der Waals surface area contributed by atoms with E-state index in [0.717, 1.165) is 29.5 Å². The highest BCUT2D eigenvalue weighted by atomic mass is 16.3. The van der Waals surface area contributed by atoms with Gasteiger partial charge in [-0.25, -0.2) is 0 Å². The van der Waals surface area contributed by atoms with Crippen LogP contribution in [-0.4, -0.2) is 23.5 Å². The third-order valence-electron chi connectivity index (χ3n) is 4.69. The molecule has 3 rings (SSSR count). The second-order valence-electron chi connectivity index (χ2n) is 6.38. The summed E-state index contributed by atoms with van der Waals surface area (Å²) in [7, 11) is 0. The smallest absolute Gasteiger partial charge is 0.313 e. The SMILES string of the molecule is CCc1ccc(NC(=O)C(=O)NCC2(O)CCc3ccccc32)cc1. The van der Waals surface area contributed by atoms with Gasteiger partial charge in [0.2, 0.25) is 0 Å². The van der Waals surface area contributed by atoms with Crippen LogP contribution in [0.4, 0.5) is 5.69 Å². The topological polar surface area (TPSA) is 78.4 Å². The standard InChI is InChI=1S/C20H22N2O3/c1-2-14-7-9-16(10-8-14)22-19(24)18(23)21-13-20(25)12-11-15-5-3-4-6-17(15)20/h3-10,25H,2,11-13H2,1H3,(H,21,23)(H,22,24). The summed E-state index contributed by atoms with van der Waals surface area (Å²) in [5.41, 5.74) is 2.52. The highest BCUT2D eigenvalue weighted by molar-refractivity contribution is 6.39. The first-order valence-corrected chi connectivity index (χ1v) is 8.51. The van der Waals surface area contributed by atoms with Crippen LogP contribution in [0, 0.1) is 0 Å². The Morgan fingerprint density at radius 3 is 2.52 bits per heavy atom. The summed E-state index contributed by atoms with van der Waals surface area (Å²) in [6, 6.07) is 15.0. The van der Waals surface area contributed by atoms with Crippen molar-refractivity contribution in [1.29, 1.82) is 0 Å². The minimum absolute atomic E-state index is 0.0189. The molecule has 0 radical (unpaired) electrons. The summed E-state index contributed by atoms with van der Waals surface area (Å²) < 4.78 is 0. The number of fused-ring (bicyclic) bond motifs is 1. The summed E-state index contributed by atoms with van der Waals surface area (Å²) in [4.78, 5) is 24.1. The summed E-state index contributed by atoms with van der Waals surface area (Å²) in [6.45, 7) is 2.07. The molecule has 3 N–H and O–H groups in total. The lowest BCUT2D eigenvalue weighted by Crippen LogP contribution is -2.43. The van der Waals surface area contributed by atoms with Crippen molar-refractivity contribution in [3.63, 3.8) is 0 Å². The molecule has 1 unspecified atom stereocenters. The Morgan fingerprint density at radius 2 is 1.80 bits per heavy atom. The Morgan fingerprint density at radius 1 is 1.08 bits per heavy atom. The van der Waals surface area contributed by atoms with Crippen molar-refractivity contribution in [3.05, 3.63) is 65.2 Å². The Balaban J connectivity index is 1.58. The van der Waals surface area contributed by atoms with Crippen LogP contribution in [0.5, 0.6) is 0 Å². The third-order valence-corrected chi connectivity index (χ3v) is 4.69. The maximum Gasteiger partial charge on any atom is 0.313 e. The molecule has 1 atom stereocenters. The molecule has 1 aliphatic carbocycles. The number of nitrogens with one attached hydrogen (secondary N) is 2. The fourth-order valence-electron chi connectivity index (χ4n) is 3.17. The van der Waals surface area contributed by atoms with Crippen LogP contribution in [0.2, 0.25) is 0 Å². The molecule has 130 valence electrons. The number of hydrogen-bond donors (Lipinski definition) is 3. The van der Waals surface area contributed by atoms with E-state index in [1.807, 2.05) is 43.3 Å². The van der Waals surface area contributed by atoms with E-state index in [-0.39, 0.29) is 6.54 Å². The molecule has 2 aromatic rings. The average Bonchev–Trinajstić information content (AvgIpc) is 2.98. The van der Waals surface area contributed by atoms with E-state index in [0.29, 0.717) is 12.1 Å². The first kappa shape index (κ1) is 17.2. The molecule has 0 heterocycles. The monoisotopic (exact) mass is 338 g/mol. The lowest BCUT2D eigenvalue weighted by molar-refractivity contribution is -0.136. The van der Waals surface area contributed by atoms with Gasteiger partial charge in [-0.2, -0.15) is 0 Å². The zero-order chi connectivity index (χ0) is 17.9. The quantitative estimate of drug-likeness (QED) is 0.748. The fraction of sp³-hybridized carbons (Fsp3) is 0.300. The first-order valence-electron chi connectivity index (χ1n) is 8.51. The van der Waals surface area contributed by atoms with Gasteiger partial charge in [0, 0.05) is 5.69 Å². The highest BCUT2D eigenvalue weighted by Crippen LogP contribution is 2.36. The normalized spacial score (nSPS) is 18.5. The van der Waals surface area contributed by atoms with Gasteiger partial charge in [-0.15, -0.1) is 0 Å². The van der Waals surface area contributed by atoms with Crippen molar-refractivity contribution in [3.8, 4) is 0 Å².